The first-order chi connectivity index (χ1) is 5.63. The summed E-state index contributed by atoms with van der Waals surface area (Å²) in [5.41, 5.74) is 0. The van der Waals surface area contributed by atoms with Gasteiger partial charge in [0.25, 0.3) is 0 Å². The smallest absolute Gasteiger partial charge is 0.216 e. The van der Waals surface area contributed by atoms with E-state index in [9.17, 15) is 14.7 Å². The monoisotopic (exact) mass is 172 g/mol. The van der Waals surface area contributed by atoms with E-state index < -0.39 is 5.97 Å². The van der Waals surface area contributed by atoms with E-state index in [1.165, 1.54) is 6.92 Å². The van der Waals surface area contributed by atoms with Crippen LogP contribution >= 0.6 is 0 Å². The molecule has 0 aliphatic carbocycles. The third-order valence-corrected chi connectivity index (χ3v) is 1.43. The van der Waals surface area contributed by atoms with E-state index >= 15 is 0 Å². The quantitative estimate of drug-likeness (QED) is 0.546. The van der Waals surface area contributed by atoms with Gasteiger partial charge >= 0.3 is 0 Å². The Morgan fingerprint density at radius 1 is 1.25 bits per heavy atom. The Morgan fingerprint density at radius 3 is 2.42 bits per heavy atom. The molecule has 0 saturated heterocycles. The molecule has 0 aromatic heterocycles. The number of carboxylic acid groups (broad SMARTS) is 1. The first-order valence-electron chi connectivity index (χ1n) is 4.07. The Bertz CT molecular complexity index is 138. The summed E-state index contributed by atoms with van der Waals surface area (Å²) in [4.78, 5) is 20.3. The van der Waals surface area contributed by atoms with E-state index in [0.717, 1.165) is 12.8 Å². The fourth-order valence-electron chi connectivity index (χ4n) is 0.836. The molecule has 0 radical (unpaired) electrons. The molecule has 4 heteroatoms. The summed E-state index contributed by atoms with van der Waals surface area (Å²) in [6, 6.07) is 0. The highest BCUT2D eigenvalue weighted by Gasteiger charge is 1.91. The maximum Gasteiger partial charge on any atom is 0.216 e. The van der Waals surface area contributed by atoms with Crippen molar-refractivity contribution in [2.24, 2.45) is 0 Å². The fraction of sp³-hybridized carbons (Fsp3) is 0.750. The van der Waals surface area contributed by atoms with Crippen molar-refractivity contribution in [1.29, 1.82) is 0 Å². The van der Waals surface area contributed by atoms with E-state index in [1.807, 2.05) is 0 Å². The van der Waals surface area contributed by atoms with E-state index in [0.29, 0.717) is 13.0 Å². The van der Waals surface area contributed by atoms with Crippen molar-refractivity contribution in [3.63, 3.8) is 0 Å². The molecular formula is C8H14NO3-. The molecule has 1 N–H and O–H groups in total. The Morgan fingerprint density at radius 2 is 1.92 bits per heavy atom. The van der Waals surface area contributed by atoms with Gasteiger partial charge < -0.3 is 15.2 Å². The summed E-state index contributed by atoms with van der Waals surface area (Å²) >= 11 is 0. The average molecular weight is 172 g/mol. The highest BCUT2D eigenvalue weighted by Crippen LogP contribution is 1.97. The lowest BCUT2D eigenvalue weighted by molar-refractivity contribution is -0.305. The predicted octanol–water partition coefficient (Wildman–Crippen LogP) is -0.567. The van der Waals surface area contributed by atoms with Crippen LogP contribution in [0, 0.1) is 0 Å². The number of hydrogen-bond acceptors (Lipinski definition) is 3. The number of carbonyl (C=O) groups excluding carboxylic acids is 2. The highest BCUT2D eigenvalue weighted by molar-refractivity contribution is 5.72. The number of hydrogen-bond donors (Lipinski definition) is 1. The van der Waals surface area contributed by atoms with Crippen LogP contribution in [0.4, 0.5) is 0 Å². The van der Waals surface area contributed by atoms with Crippen LogP contribution in [0.25, 0.3) is 0 Å². The molecule has 0 aromatic rings. The van der Waals surface area contributed by atoms with Crippen molar-refractivity contribution in [3.05, 3.63) is 0 Å². The van der Waals surface area contributed by atoms with Gasteiger partial charge in [-0.15, -0.1) is 0 Å². The number of unbranched alkanes of at least 4 members (excludes halogenated alkanes) is 2. The van der Waals surface area contributed by atoms with Crippen LogP contribution in [0.15, 0.2) is 0 Å². The molecular weight excluding hydrogens is 158 g/mol. The normalized spacial score (nSPS) is 9.42. The maximum absolute atomic E-state index is 10.4. The number of carbonyl (C=O) groups is 2. The van der Waals surface area contributed by atoms with Crippen molar-refractivity contribution in [3.8, 4) is 0 Å². The Balaban J connectivity index is 3.01. The molecule has 0 atom stereocenters. The average Bonchev–Trinajstić information content (AvgIpc) is 1.95. The van der Waals surface area contributed by atoms with Gasteiger partial charge in [0.15, 0.2) is 0 Å². The lowest BCUT2D eigenvalue weighted by Crippen LogP contribution is -2.22. The van der Waals surface area contributed by atoms with Gasteiger partial charge in [0.2, 0.25) is 5.91 Å². The zero-order chi connectivity index (χ0) is 9.40. The molecule has 0 bridgehead atoms. The van der Waals surface area contributed by atoms with Gasteiger partial charge in [-0.2, -0.15) is 0 Å². The van der Waals surface area contributed by atoms with Crippen LogP contribution in [0.5, 0.6) is 0 Å². The fourth-order valence-corrected chi connectivity index (χ4v) is 0.836. The van der Waals surface area contributed by atoms with Crippen molar-refractivity contribution in [1.82, 2.24) is 5.32 Å². The minimum Gasteiger partial charge on any atom is -0.550 e. The predicted molar refractivity (Wildman–Crippen MR) is 42.2 cm³/mol. The Kier molecular flexibility index (Phi) is 6.05. The summed E-state index contributed by atoms with van der Waals surface area (Å²) in [6.45, 7) is 2.09. The zero-order valence-electron chi connectivity index (χ0n) is 7.26. The third-order valence-electron chi connectivity index (χ3n) is 1.43. The molecule has 0 aliphatic rings. The van der Waals surface area contributed by atoms with E-state index in [-0.39, 0.29) is 12.3 Å². The number of aliphatic carboxylic acids is 1. The molecule has 1 amide bonds. The lowest BCUT2D eigenvalue weighted by atomic mass is 10.2. The summed E-state index contributed by atoms with van der Waals surface area (Å²) in [7, 11) is 0. The minimum atomic E-state index is -1.01. The van der Waals surface area contributed by atoms with Crippen molar-refractivity contribution in [2.45, 2.75) is 32.6 Å². The van der Waals surface area contributed by atoms with Crippen molar-refractivity contribution in [2.75, 3.05) is 6.54 Å². The minimum absolute atomic E-state index is 0.0464. The van der Waals surface area contributed by atoms with Gasteiger partial charge in [-0.3, -0.25) is 4.79 Å². The molecule has 4 nitrogen and oxygen atoms in total. The molecule has 0 aliphatic heterocycles. The van der Waals surface area contributed by atoms with Crippen LogP contribution < -0.4 is 10.4 Å². The Hall–Kier alpha value is -1.06. The van der Waals surface area contributed by atoms with E-state index in [2.05, 4.69) is 5.32 Å². The molecule has 0 rings (SSSR count). The SMILES string of the molecule is CC(=O)NCCCCCC(=O)[O-]. The maximum atomic E-state index is 10.4. The van der Waals surface area contributed by atoms with E-state index in [4.69, 9.17) is 0 Å². The van der Waals surface area contributed by atoms with Crippen molar-refractivity contribution >= 4 is 11.9 Å². The van der Waals surface area contributed by atoms with E-state index in [1.54, 1.807) is 0 Å². The molecule has 0 unspecified atom stereocenters. The van der Waals surface area contributed by atoms with Gasteiger partial charge in [0.1, 0.15) is 0 Å². The second-order valence-electron chi connectivity index (χ2n) is 2.67. The van der Waals surface area contributed by atoms with Crippen LogP contribution in [0.3, 0.4) is 0 Å². The first-order valence-corrected chi connectivity index (χ1v) is 4.07. The molecule has 0 aromatic carbocycles. The molecule has 0 fully saturated rings. The largest absolute Gasteiger partial charge is 0.550 e. The van der Waals surface area contributed by atoms with Gasteiger partial charge in [0, 0.05) is 19.4 Å². The van der Waals surface area contributed by atoms with Gasteiger partial charge in [-0.1, -0.05) is 6.42 Å². The third kappa shape index (κ3) is 8.94. The number of rotatable bonds is 6. The summed E-state index contributed by atoms with van der Waals surface area (Å²) in [6.07, 6.45) is 2.38. The van der Waals surface area contributed by atoms with Gasteiger partial charge in [0.05, 0.1) is 0 Å². The second kappa shape index (κ2) is 6.64. The van der Waals surface area contributed by atoms with Gasteiger partial charge in [-0.05, 0) is 19.3 Å². The molecule has 0 heterocycles. The Labute approximate surface area is 72.0 Å². The van der Waals surface area contributed by atoms with Crippen LogP contribution in [0.1, 0.15) is 32.6 Å². The van der Waals surface area contributed by atoms with Crippen molar-refractivity contribution < 1.29 is 14.7 Å². The first kappa shape index (κ1) is 10.9. The van der Waals surface area contributed by atoms with Crippen LogP contribution in [0.2, 0.25) is 0 Å². The van der Waals surface area contributed by atoms with Crippen LogP contribution in [-0.4, -0.2) is 18.4 Å². The molecule has 0 spiro atoms. The number of nitrogens with one attached hydrogen (secondary N) is 1. The molecule has 70 valence electrons. The number of amides is 1. The zero-order valence-corrected chi connectivity index (χ0v) is 7.26. The second-order valence-corrected chi connectivity index (χ2v) is 2.67. The standard InChI is InChI=1S/C8H15NO3/c1-7(10)9-6-4-2-3-5-8(11)12/h2-6H2,1H3,(H,9,10)(H,11,12)/p-1. The summed E-state index contributed by atoms with van der Waals surface area (Å²) < 4.78 is 0. The molecule has 12 heavy (non-hydrogen) atoms. The van der Waals surface area contributed by atoms with Gasteiger partial charge in [-0.25, -0.2) is 0 Å². The summed E-state index contributed by atoms with van der Waals surface area (Å²) in [5, 5.41) is 12.6. The van der Waals surface area contributed by atoms with Crippen LogP contribution in [-0.2, 0) is 9.59 Å². The molecule has 0 saturated carbocycles. The topological polar surface area (TPSA) is 69.2 Å². The number of carboxylic acids is 1. The highest BCUT2D eigenvalue weighted by atomic mass is 16.4. The lowest BCUT2D eigenvalue weighted by Gasteiger charge is -2.02. The summed E-state index contributed by atoms with van der Waals surface area (Å²) in [5.74, 6) is -1.05.